The Bertz CT molecular complexity index is 645. The molecule has 134 valence electrons. The van der Waals surface area contributed by atoms with Crippen molar-refractivity contribution in [1.29, 1.82) is 0 Å². The van der Waals surface area contributed by atoms with Crippen LogP contribution in [0.2, 0.25) is 0 Å². The van der Waals surface area contributed by atoms with E-state index in [0.717, 1.165) is 12.1 Å². The van der Waals surface area contributed by atoms with Gasteiger partial charge in [-0.15, -0.1) is 12.4 Å². The van der Waals surface area contributed by atoms with Crippen LogP contribution in [0.5, 0.6) is 0 Å². The van der Waals surface area contributed by atoms with Gasteiger partial charge < -0.3 is 9.84 Å². The van der Waals surface area contributed by atoms with Crippen molar-refractivity contribution in [2.45, 2.75) is 44.8 Å². The largest absolute Gasteiger partial charge is 0.416 e. The lowest BCUT2D eigenvalue weighted by molar-refractivity contribution is -0.137. The van der Waals surface area contributed by atoms with Gasteiger partial charge in [0.15, 0.2) is 5.82 Å². The molecule has 0 spiro atoms. The zero-order valence-corrected chi connectivity index (χ0v) is 14.5. The van der Waals surface area contributed by atoms with Crippen molar-refractivity contribution >= 4 is 12.4 Å². The summed E-state index contributed by atoms with van der Waals surface area (Å²) in [6.45, 7) is 3.86. The van der Waals surface area contributed by atoms with Crippen LogP contribution in [-0.2, 0) is 19.0 Å². The number of benzene rings is 1. The molecule has 2 rings (SSSR count). The number of halogens is 4. The lowest BCUT2D eigenvalue weighted by atomic mass is 9.99. The minimum atomic E-state index is -4.33. The van der Waals surface area contributed by atoms with E-state index in [1.165, 1.54) is 6.07 Å². The van der Waals surface area contributed by atoms with E-state index in [9.17, 15) is 13.2 Å². The van der Waals surface area contributed by atoms with Gasteiger partial charge in [0.2, 0.25) is 5.89 Å². The number of rotatable bonds is 6. The average molecular weight is 364 g/mol. The van der Waals surface area contributed by atoms with Gasteiger partial charge in [0.1, 0.15) is 0 Å². The Morgan fingerprint density at radius 2 is 1.92 bits per heavy atom. The maximum absolute atomic E-state index is 12.7. The maximum Gasteiger partial charge on any atom is 0.416 e. The third-order valence-electron chi connectivity index (χ3n) is 3.68. The highest BCUT2D eigenvalue weighted by Crippen LogP contribution is 2.30. The van der Waals surface area contributed by atoms with Crippen LogP contribution < -0.4 is 5.32 Å². The molecular formula is C16H21ClF3N3O. The molecule has 0 fully saturated rings. The van der Waals surface area contributed by atoms with Crippen LogP contribution in [0, 0.1) is 0 Å². The van der Waals surface area contributed by atoms with Gasteiger partial charge in [-0.25, -0.2) is 0 Å². The van der Waals surface area contributed by atoms with Crippen LogP contribution in [0.4, 0.5) is 13.2 Å². The first-order valence-electron chi connectivity index (χ1n) is 7.45. The fourth-order valence-electron chi connectivity index (χ4n) is 2.24. The molecule has 0 aliphatic heterocycles. The highest BCUT2D eigenvalue weighted by molar-refractivity contribution is 5.85. The van der Waals surface area contributed by atoms with Crippen molar-refractivity contribution in [2.24, 2.45) is 0 Å². The third kappa shape index (κ3) is 5.49. The van der Waals surface area contributed by atoms with E-state index in [-0.39, 0.29) is 24.4 Å². The van der Waals surface area contributed by atoms with E-state index in [0.29, 0.717) is 30.1 Å². The first-order chi connectivity index (χ1) is 10.8. The van der Waals surface area contributed by atoms with E-state index in [1.807, 2.05) is 20.9 Å². The summed E-state index contributed by atoms with van der Waals surface area (Å²) in [5, 5.41) is 7.00. The molecule has 1 aromatic carbocycles. The molecule has 2 unspecified atom stereocenters. The molecule has 8 heteroatoms. The monoisotopic (exact) mass is 363 g/mol. The number of aromatic nitrogens is 2. The number of nitrogens with zero attached hydrogens (tertiary/aromatic N) is 2. The standard InChI is InChI=1S/C16H20F3N3O.ClH/c1-10(15-21-14(22-23-15)8-11(2)20-3)7-12-5-4-6-13(9-12)16(17,18)19;/h4-6,9-11,20H,7-8H2,1-3H3;1H. The van der Waals surface area contributed by atoms with Gasteiger partial charge in [-0.1, -0.05) is 30.3 Å². The van der Waals surface area contributed by atoms with Crippen molar-refractivity contribution in [3.05, 3.63) is 47.1 Å². The minimum absolute atomic E-state index is 0. The number of hydrogen-bond donors (Lipinski definition) is 1. The summed E-state index contributed by atoms with van der Waals surface area (Å²) in [5.41, 5.74) is -0.0491. The smallest absolute Gasteiger partial charge is 0.339 e. The molecule has 2 atom stereocenters. The van der Waals surface area contributed by atoms with E-state index in [1.54, 1.807) is 6.07 Å². The Morgan fingerprint density at radius 3 is 2.54 bits per heavy atom. The summed E-state index contributed by atoms with van der Waals surface area (Å²) >= 11 is 0. The Kier molecular flexibility index (Phi) is 7.23. The normalized spacial score (nSPS) is 14.1. The van der Waals surface area contributed by atoms with Crippen LogP contribution in [0.15, 0.2) is 28.8 Å². The second kappa shape index (κ2) is 8.48. The predicted molar refractivity (Wildman–Crippen MR) is 87.3 cm³/mol. The molecule has 24 heavy (non-hydrogen) atoms. The molecule has 0 saturated heterocycles. The van der Waals surface area contributed by atoms with Gasteiger partial charge in [0.25, 0.3) is 0 Å². The van der Waals surface area contributed by atoms with Crippen molar-refractivity contribution in [2.75, 3.05) is 7.05 Å². The van der Waals surface area contributed by atoms with E-state index in [4.69, 9.17) is 4.52 Å². The summed E-state index contributed by atoms with van der Waals surface area (Å²) in [6, 6.07) is 5.54. The third-order valence-corrected chi connectivity index (χ3v) is 3.68. The first-order valence-corrected chi connectivity index (χ1v) is 7.45. The quantitative estimate of drug-likeness (QED) is 0.842. The average Bonchev–Trinajstić information content (AvgIpc) is 2.95. The van der Waals surface area contributed by atoms with Gasteiger partial charge in [-0.05, 0) is 32.0 Å². The summed E-state index contributed by atoms with van der Waals surface area (Å²) in [5.74, 6) is 0.892. The molecule has 1 aromatic heterocycles. The van der Waals surface area contributed by atoms with Gasteiger partial charge in [0, 0.05) is 18.4 Å². The molecular weight excluding hydrogens is 343 g/mol. The molecule has 4 nitrogen and oxygen atoms in total. The Hall–Kier alpha value is -1.60. The molecule has 0 aliphatic carbocycles. The summed E-state index contributed by atoms with van der Waals surface area (Å²) in [6.07, 6.45) is -3.29. The maximum atomic E-state index is 12.7. The second-order valence-electron chi connectivity index (χ2n) is 5.75. The zero-order valence-electron chi connectivity index (χ0n) is 13.7. The number of nitrogens with one attached hydrogen (secondary N) is 1. The minimum Gasteiger partial charge on any atom is -0.339 e. The van der Waals surface area contributed by atoms with Crippen molar-refractivity contribution < 1.29 is 17.7 Å². The van der Waals surface area contributed by atoms with E-state index < -0.39 is 11.7 Å². The van der Waals surface area contributed by atoms with Crippen molar-refractivity contribution in [3.8, 4) is 0 Å². The van der Waals surface area contributed by atoms with Gasteiger partial charge in [0.05, 0.1) is 5.56 Å². The summed E-state index contributed by atoms with van der Waals surface area (Å²) < 4.78 is 43.4. The van der Waals surface area contributed by atoms with E-state index >= 15 is 0 Å². The van der Waals surface area contributed by atoms with Gasteiger partial charge in [-0.3, -0.25) is 0 Å². The molecule has 0 aliphatic rings. The summed E-state index contributed by atoms with van der Waals surface area (Å²) in [7, 11) is 1.85. The van der Waals surface area contributed by atoms with Crippen LogP contribution >= 0.6 is 12.4 Å². The molecule has 0 amide bonds. The van der Waals surface area contributed by atoms with Crippen molar-refractivity contribution in [3.63, 3.8) is 0 Å². The number of alkyl halides is 3. The van der Waals surface area contributed by atoms with Crippen LogP contribution in [0.1, 0.15) is 42.6 Å². The van der Waals surface area contributed by atoms with Gasteiger partial charge in [-0.2, -0.15) is 18.2 Å². The van der Waals surface area contributed by atoms with Crippen molar-refractivity contribution in [1.82, 2.24) is 15.5 Å². The molecule has 0 radical (unpaired) electrons. The van der Waals surface area contributed by atoms with Gasteiger partial charge >= 0.3 is 6.18 Å². The number of likely N-dealkylation sites (N-methyl/N-ethyl adjacent to an activating group) is 1. The topological polar surface area (TPSA) is 51.0 Å². The predicted octanol–water partition coefficient (Wildman–Crippen LogP) is 4.01. The first kappa shape index (κ1) is 20.4. The number of hydrogen-bond acceptors (Lipinski definition) is 4. The highest BCUT2D eigenvalue weighted by Gasteiger charge is 2.30. The lowest BCUT2D eigenvalue weighted by Crippen LogP contribution is -2.24. The molecule has 1 heterocycles. The Balaban J connectivity index is 0.00000288. The molecule has 0 bridgehead atoms. The molecule has 1 N–H and O–H groups in total. The van der Waals surface area contributed by atoms with E-state index in [2.05, 4.69) is 15.5 Å². The fraction of sp³-hybridized carbons (Fsp3) is 0.500. The zero-order chi connectivity index (χ0) is 17.0. The van der Waals surface area contributed by atoms with Crippen LogP contribution in [-0.4, -0.2) is 23.2 Å². The molecule has 0 saturated carbocycles. The SMILES string of the molecule is CNC(C)Cc1noc(C(C)Cc2cccc(C(F)(F)F)c2)n1.Cl. The van der Waals surface area contributed by atoms with Crippen LogP contribution in [0.25, 0.3) is 0 Å². The summed E-state index contributed by atoms with van der Waals surface area (Å²) in [4.78, 5) is 4.33. The highest BCUT2D eigenvalue weighted by atomic mass is 35.5. The second-order valence-corrected chi connectivity index (χ2v) is 5.75. The van der Waals surface area contributed by atoms with Crippen LogP contribution in [0.3, 0.4) is 0 Å². The Labute approximate surface area is 145 Å². The Morgan fingerprint density at radius 1 is 1.21 bits per heavy atom. The fourth-order valence-corrected chi connectivity index (χ4v) is 2.24. The lowest BCUT2D eigenvalue weighted by Gasteiger charge is -2.10. The molecule has 2 aromatic rings.